The summed E-state index contributed by atoms with van der Waals surface area (Å²) in [5, 5.41) is 2.26. The van der Waals surface area contributed by atoms with Gasteiger partial charge in [-0.15, -0.1) is 0 Å². The normalized spacial score (nSPS) is 11.1. The zero-order chi connectivity index (χ0) is 17.5. The van der Waals surface area contributed by atoms with Gasteiger partial charge in [0.15, 0.2) is 0 Å². The summed E-state index contributed by atoms with van der Waals surface area (Å²) in [5.41, 5.74) is 1.98. The van der Waals surface area contributed by atoms with Crippen LogP contribution in [-0.2, 0) is 0 Å². The van der Waals surface area contributed by atoms with Crippen molar-refractivity contribution in [3.05, 3.63) is 66.2 Å². The van der Waals surface area contributed by atoms with Crippen molar-refractivity contribution in [2.45, 2.75) is 20.3 Å². The number of ether oxygens (including phenoxy) is 2. The summed E-state index contributed by atoms with van der Waals surface area (Å²) in [7, 11) is 0. The molecule has 0 radical (unpaired) electrons. The number of hydrogen-bond donors (Lipinski definition) is 0. The molecule has 3 aromatic rings. The number of aliphatic imine (C=N–C) groups is 1. The van der Waals surface area contributed by atoms with Gasteiger partial charge in [-0.2, -0.15) is 0 Å². The number of rotatable bonds is 7. The van der Waals surface area contributed by atoms with Gasteiger partial charge in [-0.3, -0.25) is 4.99 Å². The van der Waals surface area contributed by atoms with Crippen LogP contribution in [0.5, 0.6) is 11.5 Å². The summed E-state index contributed by atoms with van der Waals surface area (Å²) in [5.74, 6) is 1.79. The van der Waals surface area contributed by atoms with Gasteiger partial charge >= 0.3 is 0 Å². The van der Waals surface area contributed by atoms with E-state index in [1.54, 1.807) is 0 Å². The van der Waals surface area contributed by atoms with Gasteiger partial charge in [0.25, 0.3) is 0 Å². The van der Waals surface area contributed by atoms with Gasteiger partial charge in [0.2, 0.25) is 0 Å². The highest BCUT2D eigenvalue weighted by molar-refractivity contribution is 6.02. The summed E-state index contributed by atoms with van der Waals surface area (Å²) >= 11 is 0. The first-order valence-electron chi connectivity index (χ1n) is 8.73. The third-order valence-corrected chi connectivity index (χ3v) is 3.88. The van der Waals surface area contributed by atoms with Crippen molar-refractivity contribution < 1.29 is 9.47 Å². The highest BCUT2D eigenvalue weighted by Gasteiger charge is 2.05. The predicted octanol–water partition coefficient (Wildman–Crippen LogP) is 5.78. The molecule has 0 fully saturated rings. The fraction of sp³-hybridized carbons (Fsp3) is 0.227. The summed E-state index contributed by atoms with van der Waals surface area (Å²) in [6, 6.07) is 20.2. The smallest absolute Gasteiger partial charge is 0.127 e. The van der Waals surface area contributed by atoms with E-state index in [0.717, 1.165) is 46.6 Å². The topological polar surface area (TPSA) is 30.8 Å². The molecule has 0 unspecified atom stereocenters. The number of fused-ring (bicyclic) bond motifs is 1. The molecule has 0 amide bonds. The summed E-state index contributed by atoms with van der Waals surface area (Å²) in [6.45, 7) is 5.48. The lowest BCUT2D eigenvalue weighted by atomic mass is 10.0. The number of benzene rings is 3. The van der Waals surface area contributed by atoms with Crippen LogP contribution in [0.3, 0.4) is 0 Å². The first kappa shape index (κ1) is 17.0. The second-order valence-electron chi connectivity index (χ2n) is 5.73. The van der Waals surface area contributed by atoms with Crippen LogP contribution in [0.15, 0.2) is 65.7 Å². The van der Waals surface area contributed by atoms with Crippen LogP contribution in [0, 0.1) is 0 Å². The molecular weight excluding hydrogens is 310 g/mol. The average molecular weight is 333 g/mol. The van der Waals surface area contributed by atoms with Crippen LogP contribution in [-0.4, -0.2) is 19.4 Å². The highest BCUT2D eigenvalue weighted by Crippen LogP contribution is 2.28. The molecule has 0 spiro atoms. The highest BCUT2D eigenvalue weighted by atomic mass is 16.5. The Balaban J connectivity index is 1.88. The molecule has 3 heteroatoms. The van der Waals surface area contributed by atoms with Gasteiger partial charge in [-0.25, -0.2) is 0 Å². The number of hydrogen-bond acceptors (Lipinski definition) is 3. The maximum atomic E-state index is 5.86. The summed E-state index contributed by atoms with van der Waals surface area (Å²) in [4.78, 5) is 4.60. The summed E-state index contributed by atoms with van der Waals surface area (Å²) in [6.07, 6.45) is 2.90. The zero-order valence-corrected chi connectivity index (χ0v) is 14.7. The molecule has 3 nitrogen and oxygen atoms in total. The third-order valence-electron chi connectivity index (χ3n) is 3.88. The Kier molecular flexibility index (Phi) is 5.68. The SMILES string of the molecule is CCCOc1ccc(C=Nc2ccc(OCC)cc2)c2ccccc12. The summed E-state index contributed by atoms with van der Waals surface area (Å²) < 4.78 is 11.3. The van der Waals surface area contributed by atoms with E-state index in [4.69, 9.17) is 9.47 Å². The van der Waals surface area contributed by atoms with Crippen LogP contribution in [0.25, 0.3) is 10.8 Å². The van der Waals surface area contributed by atoms with E-state index in [9.17, 15) is 0 Å². The Bertz CT molecular complexity index is 854. The van der Waals surface area contributed by atoms with E-state index in [1.165, 1.54) is 0 Å². The molecule has 0 N–H and O–H groups in total. The molecule has 0 saturated heterocycles. The van der Waals surface area contributed by atoms with Crippen molar-refractivity contribution in [1.82, 2.24) is 0 Å². The van der Waals surface area contributed by atoms with Gasteiger partial charge in [-0.05, 0) is 55.1 Å². The molecule has 0 atom stereocenters. The third kappa shape index (κ3) is 4.18. The van der Waals surface area contributed by atoms with Crippen molar-refractivity contribution in [2.24, 2.45) is 4.99 Å². The molecule has 0 aliphatic carbocycles. The Morgan fingerprint density at radius 2 is 1.60 bits per heavy atom. The van der Waals surface area contributed by atoms with E-state index >= 15 is 0 Å². The largest absolute Gasteiger partial charge is 0.494 e. The van der Waals surface area contributed by atoms with Crippen LogP contribution in [0.4, 0.5) is 5.69 Å². The van der Waals surface area contributed by atoms with Gasteiger partial charge < -0.3 is 9.47 Å². The Morgan fingerprint density at radius 3 is 2.32 bits per heavy atom. The van der Waals surface area contributed by atoms with Gasteiger partial charge in [0.1, 0.15) is 11.5 Å². The molecule has 0 aliphatic heterocycles. The van der Waals surface area contributed by atoms with Crippen LogP contribution in [0.2, 0.25) is 0 Å². The lowest BCUT2D eigenvalue weighted by Gasteiger charge is -2.10. The number of nitrogens with zero attached hydrogens (tertiary/aromatic N) is 1. The van der Waals surface area contributed by atoms with Crippen molar-refractivity contribution in [3.8, 4) is 11.5 Å². The Labute approximate surface area is 148 Å². The molecule has 0 bridgehead atoms. The maximum absolute atomic E-state index is 5.86. The van der Waals surface area contributed by atoms with Gasteiger partial charge in [0, 0.05) is 17.2 Å². The molecule has 0 aliphatic rings. The van der Waals surface area contributed by atoms with Gasteiger partial charge in [0.05, 0.1) is 18.9 Å². The van der Waals surface area contributed by atoms with Crippen LogP contribution >= 0.6 is 0 Å². The fourth-order valence-electron chi connectivity index (χ4n) is 2.68. The molecule has 3 aromatic carbocycles. The molecule has 3 rings (SSSR count). The van der Waals surface area contributed by atoms with Crippen molar-refractivity contribution in [1.29, 1.82) is 0 Å². The quantitative estimate of drug-likeness (QED) is 0.513. The van der Waals surface area contributed by atoms with Crippen LogP contribution < -0.4 is 9.47 Å². The van der Waals surface area contributed by atoms with Crippen molar-refractivity contribution in [3.63, 3.8) is 0 Å². The predicted molar refractivity (Wildman–Crippen MR) is 105 cm³/mol. The minimum atomic E-state index is 0.668. The molecule has 0 aromatic heterocycles. The Morgan fingerprint density at radius 1 is 0.840 bits per heavy atom. The minimum Gasteiger partial charge on any atom is -0.494 e. The van der Waals surface area contributed by atoms with Crippen LogP contribution in [0.1, 0.15) is 25.8 Å². The Hall–Kier alpha value is -2.81. The zero-order valence-electron chi connectivity index (χ0n) is 14.7. The van der Waals surface area contributed by atoms with Gasteiger partial charge in [-0.1, -0.05) is 31.2 Å². The van der Waals surface area contributed by atoms with Crippen molar-refractivity contribution in [2.75, 3.05) is 13.2 Å². The maximum Gasteiger partial charge on any atom is 0.127 e. The molecular formula is C22H23NO2. The molecule has 128 valence electrons. The monoisotopic (exact) mass is 333 g/mol. The van der Waals surface area contributed by atoms with E-state index < -0.39 is 0 Å². The fourth-order valence-corrected chi connectivity index (χ4v) is 2.68. The average Bonchev–Trinajstić information content (AvgIpc) is 2.66. The van der Waals surface area contributed by atoms with E-state index in [2.05, 4.69) is 30.1 Å². The minimum absolute atomic E-state index is 0.668. The van der Waals surface area contributed by atoms with Crippen molar-refractivity contribution >= 4 is 22.7 Å². The lowest BCUT2D eigenvalue weighted by Crippen LogP contribution is -1.96. The standard InChI is InChI=1S/C22H23NO2/c1-3-15-25-22-14-9-17(20-7-5-6-8-21(20)22)16-23-18-10-12-19(13-11-18)24-4-2/h5-14,16H,3-4,15H2,1-2H3. The van der Waals surface area contributed by atoms with E-state index in [-0.39, 0.29) is 0 Å². The molecule has 0 saturated carbocycles. The second-order valence-corrected chi connectivity index (χ2v) is 5.73. The molecule has 25 heavy (non-hydrogen) atoms. The first-order valence-corrected chi connectivity index (χ1v) is 8.73. The first-order chi connectivity index (χ1) is 12.3. The van der Waals surface area contributed by atoms with E-state index in [1.807, 2.05) is 55.6 Å². The second kappa shape index (κ2) is 8.34. The lowest BCUT2D eigenvalue weighted by molar-refractivity contribution is 0.321. The molecule has 0 heterocycles. The van der Waals surface area contributed by atoms with E-state index in [0.29, 0.717) is 6.61 Å².